The van der Waals surface area contributed by atoms with Gasteiger partial charge in [0.2, 0.25) is 0 Å². The Bertz CT molecular complexity index is 563. The number of carbonyl (C=O) groups excluding carboxylic acids is 1. The van der Waals surface area contributed by atoms with Crippen LogP contribution in [0.15, 0.2) is 18.2 Å². The van der Waals surface area contributed by atoms with Crippen LogP contribution in [0.2, 0.25) is 5.02 Å². The average Bonchev–Trinajstić information content (AvgIpc) is 2.40. The minimum atomic E-state index is -0.565. The van der Waals surface area contributed by atoms with Crippen LogP contribution in [0.1, 0.15) is 40.5 Å². The quantitative estimate of drug-likeness (QED) is 0.865. The molecule has 0 saturated carbocycles. The van der Waals surface area contributed by atoms with E-state index < -0.39 is 11.7 Å². The lowest BCUT2D eigenvalue weighted by Gasteiger charge is -2.35. The molecule has 0 aliphatic carbocycles. The summed E-state index contributed by atoms with van der Waals surface area (Å²) in [5, 5.41) is 6.57. The molecule has 1 aliphatic rings. The van der Waals surface area contributed by atoms with Gasteiger partial charge < -0.3 is 14.8 Å². The molecule has 2 rings (SSSR count). The van der Waals surface area contributed by atoms with Crippen molar-refractivity contribution in [2.45, 2.75) is 51.7 Å². The van der Waals surface area contributed by atoms with Gasteiger partial charge in [-0.25, -0.2) is 4.79 Å². The molecular weight excluding hydrogens is 316 g/mol. The van der Waals surface area contributed by atoms with Crippen molar-refractivity contribution in [1.29, 1.82) is 0 Å². The van der Waals surface area contributed by atoms with Crippen molar-refractivity contribution in [3.8, 4) is 5.75 Å². The maximum atomic E-state index is 12.0. The second kappa shape index (κ2) is 6.97. The molecule has 5 nitrogen and oxygen atoms in total. The maximum absolute atomic E-state index is 12.0. The first-order valence-corrected chi connectivity index (χ1v) is 8.24. The van der Waals surface area contributed by atoms with Crippen LogP contribution >= 0.6 is 11.6 Å². The van der Waals surface area contributed by atoms with E-state index in [1.165, 1.54) is 0 Å². The zero-order chi connectivity index (χ0) is 17.1. The summed E-state index contributed by atoms with van der Waals surface area (Å²) in [5.74, 6) is 0.602. The van der Waals surface area contributed by atoms with Gasteiger partial charge in [0.15, 0.2) is 0 Å². The van der Waals surface area contributed by atoms with Gasteiger partial charge in [-0.3, -0.25) is 5.32 Å². The Hall–Kier alpha value is -1.46. The van der Waals surface area contributed by atoms with E-state index in [-0.39, 0.29) is 5.60 Å². The monoisotopic (exact) mass is 340 g/mol. The third kappa shape index (κ3) is 5.59. The molecule has 1 aliphatic heterocycles. The molecule has 0 radical (unpaired) electrons. The second-order valence-electron chi connectivity index (χ2n) is 7.07. The van der Waals surface area contributed by atoms with Crippen molar-refractivity contribution in [3.63, 3.8) is 0 Å². The molecule has 0 spiro atoms. The van der Waals surface area contributed by atoms with E-state index in [0.29, 0.717) is 16.5 Å². The van der Waals surface area contributed by atoms with E-state index in [2.05, 4.69) is 17.6 Å². The minimum absolute atomic E-state index is 0.260. The van der Waals surface area contributed by atoms with E-state index in [4.69, 9.17) is 21.1 Å². The molecule has 1 aromatic carbocycles. The normalized spacial score (nSPS) is 17.4. The Morgan fingerprint density at radius 3 is 2.57 bits per heavy atom. The second-order valence-corrected chi connectivity index (χ2v) is 7.51. The molecule has 2 N–H and O–H groups in total. The average molecular weight is 341 g/mol. The molecule has 1 fully saturated rings. The number of ether oxygens (including phenoxy) is 2. The zero-order valence-electron chi connectivity index (χ0n) is 14.2. The van der Waals surface area contributed by atoms with Gasteiger partial charge in [-0.2, -0.15) is 0 Å². The van der Waals surface area contributed by atoms with Gasteiger partial charge >= 0.3 is 6.09 Å². The molecule has 0 bridgehead atoms. The Morgan fingerprint density at radius 1 is 1.30 bits per heavy atom. The number of rotatable bonds is 3. The Balaban J connectivity index is 2.15. The third-order valence-corrected chi connectivity index (χ3v) is 3.83. The summed E-state index contributed by atoms with van der Waals surface area (Å²) in [5.41, 5.74) is -0.305. The van der Waals surface area contributed by atoms with Crippen LogP contribution in [0, 0.1) is 0 Å². The summed E-state index contributed by atoms with van der Waals surface area (Å²) in [4.78, 5) is 12.0. The summed E-state index contributed by atoms with van der Waals surface area (Å²) in [6, 6.07) is 5.20. The first-order chi connectivity index (χ1) is 10.7. The van der Waals surface area contributed by atoms with Crippen LogP contribution in [0.4, 0.5) is 10.5 Å². The van der Waals surface area contributed by atoms with Gasteiger partial charge in [-0.15, -0.1) is 0 Å². The zero-order valence-corrected chi connectivity index (χ0v) is 14.9. The first kappa shape index (κ1) is 17.9. The van der Waals surface area contributed by atoms with Gasteiger partial charge in [0.25, 0.3) is 0 Å². The van der Waals surface area contributed by atoms with E-state index in [0.717, 1.165) is 25.9 Å². The van der Waals surface area contributed by atoms with E-state index >= 15 is 0 Å². The minimum Gasteiger partial charge on any atom is -0.485 e. The van der Waals surface area contributed by atoms with E-state index in [1.54, 1.807) is 18.2 Å². The highest BCUT2D eigenvalue weighted by Crippen LogP contribution is 2.34. The van der Waals surface area contributed by atoms with Crippen LogP contribution in [0.25, 0.3) is 0 Å². The van der Waals surface area contributed by atoms with Crippen LogP contribution < -0.4 is 15.4 Å². The lowest BCUT2D eigenvalue weighted by atomic mass is 9.94. The number of amides is 1. The first-order valence-electron chi connectivity index (χ1n) is 7.86. The molecule has 23 heavy (non-hydrogen) atoms. The van der Waals surface area contributed by atoms with Crippen LogP contribution in [-0.2, 0) is 4.74 Å². The number of nitrogens with one attached hydrogen (secondary N) is 2. The summed E-state index contributed by atoms with van der Waals surface area (Å²) >= 11 is 6.05. The summed E-state index contributed by atoms with van der Waals surface area (Å²) in [7, 11) is 0. The SMILES string of the molecule is CC(C)(C)OC(=O)Nc1cc(Cl)ccc1OC1(C)CCNCC1. The molecule has 0 aromatic heterocycles. The van der Waals surface area contributed by atoms with Gasteiger partial charge in [-0.05, 0) is 71.8 Å². The number of anilines is 1. The van der Waals surface area contributed by atoms with Gasteiger partial charge in [-0.1, -0.05) is 11.6 Å². The van der Waals surface area contributed by atoms with Crippen molar-refractivity contribution in [1.82, 2.24) is 5.32 Å². The van der Waals surface area contributed by atoms with Crippen molar-refractivity contribution in [2.75, 3.05) is 18.4 Å². The molecular formula is C17H25ClN2O3. The third-order valence-electron chi connectivity index (χ3n) is 3.59. The van der Waals surface area contributed by atoms with Crippen molar-refractivity contribution in [2.24, 2.45) is 0 Å². The fourth-order valence-corrected chi connectivity index (χ4v) is 2.60. The summed E-state index contributed by atoms with van der Waals surface area (Å²) in [6.07, 6.45) is 1.28. The lowest BCUT2D eigenvalue weighted by molar-refractivity contribution is 0.0547. The van der Waals surface area contributed by atoms with Crippen LogP contribution in [-0.4, -0.2) is 30.4 Å². The highest BCUT2D eigenvalue weighted by atomic mass is 35.5. The lowest BCUT2D eigenvalue weighted by Crippen LogP contribution is -2.44. The molecule has 1 saturated heterocycles. The highest BCUT2D eigenvalue weighted by Gasteiger charge is 2.30. The standard InChI is InChI=1S/C17H25ClN2O3/c1-16(2,3)23-15(21)20-13-11-12(18)5-6-14(13)22-17(4)7-9-19-10-8-17/h5-6,11,19H,7-10H2,1-4H3,(H,20,21). The van der Waals surface area contributed by atoms with E-state index in [1.807, 2.05) is 20.8 Å². The number of hydrogen-bond donors (Lipinski definition) is 2. The molecule has 6 heteroatoms. The molecule has 1 aromatic rings. The van der Waals surface area contributed by atoms with Crippen LogP contribution in [0.3, 0.4) is 0 Å². The predicted molar refractivity (Wildman–Crippen MR) is 92.4 cm³/mol. The van der Waals surface area contributed by atoms with Crippen molar-refractivity contribution in [3.05, 3.63) is 23.2 Å². The smallest absolute Gasteiger partial charge is 0.412 e. The predicted octanol–water partition coefficient (Wildman–Crippen LogP) is 4.21. The Morgan fingerprint density at radius 2 is 1.96 bits per heavy atom. The van der Waals surface area contributed by atoms with Crippen LogP contribution in [0.5, 0.6) is 5.75 Å². The number of carbonyl (C=O) groups is 1. The molecule has 0 unspecified atom stereocenters. The number of benzene rings is 1. The van der Waals surface area contributed by atoms with Crippen molar-refractivity contribution >= 4 is 23.4 Å². The number of hydrogen-bond acceptors (Lipinski definition) is 4. The Labute approximate surface area is 142 Å². The summed E-state index contributed by atoms with van der Waals surface area (Å²) in [6.45, 7) is 9.37. The highest BCUT2D eigenvalue weighted by molar-refractivity contribution is 6.31. The molecule has 0 atom stereocenters. The van der Waals surface area contributed by atoms with Gasteiger partial charge in [0, 0.05) is 5.02 Å². The number of halogens is 1. The fraction of sp³-hybridized carbons (Fsp3) is 0.588. The molecule has 1 heterocycles. The Kier molecular flexibility index (Phi) is 5.42. The molecule has 128 valence electrons. The molecule has 1 amide bonds. The van der Waals surface area contributed by atoms with E-state index in [9.17, 15) is 4.79 Å². The number of piperidine rings is 1. The topological polar surface area (TPSA) is 59.6 Å². The fourth-order valence-electron chi connectivity index (χ4n) is 2.43. The maximum Gasteiger partial charge on any atom is 0.412 e. The largest absolute Gasteiger partial charge is 0.485 e. The van der Waals surface area contributed by atoms with Gasteiger partial charge in [0.05, 0.1) is 5.69 Å². The van der Waals surface area contributed by atoms with Crippen molar-refractivity contribution < 1.29 is 14.3 Å². The summed E-state index contributed by atoms with van der Waals surface area (Å²) < 4.78 is 11.5. The van der Waals surface area contributed by atoms with Gasteiger partial charge in [0.1, 0.15) is 17.0 Å².